The minimum atomic E-state index is 0.713. The van der Waals surface area contributed by atoms with Gasteiger partial charge in [0.2, 0.25) is 0 Å². The molecular weight excluding hydrogens is 414 g/mol. The summed E-state index contributed by atoms with van der Waals surface area (Å²) in [6, 6.07) is 21.5. The Balaban J connectivity index is 1.74. The van der Waals surface area contributed by atoms with Gasteiger partial charge >= 0.3 is 0 Å². The van der Waals surface area contributed by atoms with Crippen LogP contribution < -0.4 is 0 Å². The van der Waals surface area contributed by atoms with E-state index in [4.69, 9.17) is 15.0 Å². The molecule has 0 saturated carbocycles. The van der Waals surface area contributed by atoms with Gasteiger partial charge in [-0.15, -0.1) is 0 Å². The van der Waals surface area contributed by atoms with E-state index in [1.54, 1.807) is 0 Å². The van der Waals surface area contributed by atoms with Gasteiger partial charge in [-0.3, -0.25) is 0 Å². The summed E-state index contributed by atoms with van der Waals surface area (Å²) in [6.45, 7) is 10.8. The number of rotatable bonds is 8. The number of aryl methyl sites for hydroxylation is 5. The second-order valence-electron chi connectivity index (χ2n) is 9.41. The molecule has 3 heteroatoms. The molecule has 0 radical (unpaired) electrons. The summed E-state index contributed by atoms with van der Waals surface area (Å²) in [6.07, 6.45) is 6.24. The van der Waals surface area contributed by atoms with Crippen molar-refractivity contribution in [2.45, 2.75) is 66.7 Å². The van der Waals surface area contributed by atoms with Crippen LogP contribution in [0.4, 0.5) is 0 Å². The molecule has 3 aromatic carbocycles. The molecule has 0 atom stereocenters. The standard InChI is InChI=1S/C31H35N3/c1-6-7-8-9-10-25-13-17-26(18-14-25)29-32-30(27-15-11-21(2)23(4)19-27)34-31(33-29)28-16-12-22(3)24(5)20-28/h11-20H,6-10H2,1-5H3. The zero-order valence-corrected chi connectivity index (χ0v) is 21.2. The van der Waals surface area contributed by atoms with Crippen LogP contribution in [0.3, 0.4) is 0 Å². The van der Waals surface area contributed by atoms with Gasteiger partial charge in [0.25, 0.3) is 0 Å². The molecule has 4 rings (SSSR count). The van der Waals surface area contributed by atoms with E-state index in [0.29, 0.717) is 17.5 Å². The Morgan fingerprint density at radius 2 is 0.971 bits per heavy atom. The average molecular weight is 450 g/mol. The van der Waals surface area contributed by atoms with E-state index in [-0.39, 0.29) is 0 Å². The molecule has 174 valence electrons. The SMILES string of the molecule is CCCCCCc1ccc(-c2nc(-c3ccc(C)c(C)c3)nc(-c3ccc(C)c(C)c3)n2)cc1. The summed E-state index contributed by atoms with van der Waals surface area (Å²) >= 11 is 0. The van der Waals surface area contributed by atoms with Crippen LogP contribution in [-0.4, -0.2) is 15.0 Å². The lowest BCUT2D eigenvalue weighted by molar-refractivity contribution is 0.667. The van der Waals surface area contributed by atoms with E-state index >= 15 is 0 Å². The highest BCUT2D eigenvalue weighted by atomic mass is 15.0. The highest BCUT2D eigenvalue weighted by molar-refractivity contribution is 5.67. The molecule has 0 bridgehead atoms. The van der Waals surface area contributed by atoms with Crippen molar-refractivity contribution in [3.8, 4) is 34.2 Å². The zero-order valence-electron chi connectivity index (χ0n) is 21.2. The van der Waals surface area contributed by atoms with Gasteiger partial charge in [0.05, 0.1) is 0 Å². The number of hydrogen-bond acceptors (Lipinski definition) is 3. The van der Waals surface area contributed by atoms with Gasteiger partial charge in [-0.2, -0.15) is 0 Å². The van der Waals surface area contributed by atoms with Gasteiger partial charge in [0.1, 0.15) is 0 Å². The molecular formula is C31H35N3. The van der Waals surface area contributed by atoms with Crippen LogP contribution in [-0.2, 0) is 6.42 Å². The molecule has 0 unspecified atom stereocenters. The second-order valence-corrected chi connectivity index (χ2v) is 9.41. The molecule has 0 saturated heterocycles. The minimum Gasteiger partial charge on any atom is -0.208 e. The highest BCUT2D eigenvalue weighted by Gasteiger charge is 2.13. The van der Waals surface area contributed by atoms with Gasteiger partial charge in [-0.25, -0.2) is 15.0 Å². The average Bonchev–Trinajstić information content (AvgIpc) is 2.85. The molecule has 4 aromatic rings. The Kier molecular flexibility index (Phi) is 7.52. The Hall–Kier alpha value is -3.33. The third-order valence-corrected chi connectivity index (χ3v) is 6.70. The second kappa shape index (κ2) is 10.7. The van der Waals surface area contributed by atoms with E-state index in [1.165, 1.54) is 53.5 Å². The van der Waals surface area contributed by atoms with E-state index in [0.717, 1.165) is 23.1 Å². The predicted molar refractivity (Wildman–Crippen MR) is 143 cm³/mol. The Morgan fingerprint density at radius 3 is 1.44 bits per heavy atom. The molecule has 0 N–H and O–H groups in total. The fraction of sp³-hybridized carbons (Fsp3) is 0.323. The molecule has 0 aliphatic rings. The Morgan fingerprint density at radius 1 is 0.500 bits per heavy atom. The largest absolute Gasteiger partial charge is 0.208 e. The summed E-state index contributed by atoms with van der Waals surface area (Å²) in [5.41, 5.74) is 9.43. The van der Waals surface area contributed by atoms with Crippen molar-refractivity contribution in [3.63, 3.8) is 0 Å². The van der Waals surface area contributed by atoms with Gasteiger partial charge in [0, 0.05) is 16.7 Å². The lowest BCUT2D eigenvalue weighted by Crippen LogP contribution is -2.01. The third kappa shape index (κ3) is 5.59. The van der Waals surface area contributed by atoms with Crippen LogP contribution in [0.15, 0.2) is 60.7 Å². The van der Waals surface area contributed by atoms with Crippen molar-refractivity contribution in [3.05, 3.63) is 88.5 Å². The maximum Gasteiger partial charge on any atom is 0.164 e. The topological polar surface area (TPSA) is 38.7 Å². The maximum absolute atomic E-state index is 4.90. The lowest BCUT2D eigenvalue weighted by atomic mass is 10.0. The summed E-state index contributed by atoms with van der Waals surface area (Å²) < 4.78 is 0. The minimum absolute atomic E-state index is 0.713. The molecule has 0 aliphatic carbocycles. The number of hydrogen-bond donors (Lipinski definition) is 0. The number of unbranched alkanes of at least 4 members (excludes halogenated alkanes) is 3. The molecule has 0 aliphatic heterocycles. The molecule has 0 spiro atoms. The van der Waals surface area contributed by atoms with Crippen LogP contribution >= 0.6 is 0 Å². The quantitative estimate of drug-likeness (QED) is 0.254. The van der Waals surface area contributed by atoms with E-state index in [1.807, 2.05) is 0 Å². The molecule has 0 amide bonds. The summed E-state index contributed by atoms with van der Waals surface area (Å²) in [7, 11) is 0. The molecule has 1 heterocycles. The van der Waals surface area contributed by atoms with Crippen molar-refractivity contribution in [1.29, 1.82) is 0 Å². The first-order chi connectivity index (χ1) is 16.4. The zero-order chi connectivity index (χ0) is 24.1. The van der Waals surface area contributed by atoms with Crippen molar-refractivity contribution < 1.29 is 0 Å². The Labute approximate surface area is 204 Å². The first kappa shape index (κ1) is 23.8. The highest BCUT2D eigenvalue weighted by Crippen LogP contribution is 2.27. The summed E-state index contributed by atoms with van der Waals surface area (Å²) in [5, 5.41) is 0. The van der Waals surface area contributed by atoms with Crippen LogP contribution in [0, 0.1) is 27.7 Å². The van der Waals surface area contributed by atoms with E-state index in [2.05, 4.69) is 95.3 Å². The van der Waals surface area contributed by atoms with Gasteiger partial charge in [-0.1, -0.05) is 74.7 Å². The fourth-order valence-electron chi connectivity index (χ4n) is 4.10. The van der Waals surface area contributed by atoms with Gasteiger partial charge in [0.15, 0.2) is 17.5 Å². The molecule has 3 nitrogen and oxygen atoms in total. The number of benzene rings is 3. The fourth-order valence-corrected chi connectivity index (χ4v) is 4.10. The lowest BCUT2D eigenvalue weighted by Gasteiger charge is -2.11. The van der Waals surface area contributed by atoms with Crippen molar-refractivity contribution in [2.75, 3.05) is 0 Å². The van der Waals surface area contributed by atoms with Gasteiger partial charge in [-0.05, 0) is 80.5 Å². The molecule has 1 aromatic heterocycles. The smallest absolute Gasteiger partial charge is 0.164 e. The third-order valence-electron chi connectivity index (χ3n) is 6.70. The first-order valence-corrected chi connectivity index (χ1v) is 12.4. The van der Waals surface area contributed by atoms with E-state index in [9.17, 15) is 0 Å². The molecule has 34 heavy (non-hydrogen) atoms. The van der Waals surface area contributed by atoms with Crippen molar-refractivity contribution in [2.24, 2.45) is 0 Å². The summed E-state index contributed by atoms with van der Waals surface area (Å²) in [4.78, 5) is 14.7. The van der Waals surface area contributed by atoms with E-state index < -0.39 is 0 Å². The van der Waals surface area contributed by atoms with Crippen LogP contribution in [0.25, 0.3) is 34.2 Å². The van der Waals surface area contributed by atoms with Crippen LogP contribution in [0.2, 0.25) is 0 Å². The van der Waals surface area contributed by atoms with Crippen molar-refractivity contribution >= 4 is 0 Å². The first-order valence-electron chi connectivity index (χ1n) is 12.4. The van der Waals surface area contributed by atoms with Crippen molar-refractivity contribution in [1.82, 2.24) is 15.0 Å². The van der Waals surface area contributed by atoms with Crippen LogP contribution in [0.1, 0.15) is 60.4 Å². The molecule has 0 fully saturated rings. The van der Waals surface area contributed by atoms with Gasteiger partial charge < -0.3 is 0 Å². The Bertz CT molecular complexity index is 1200. The summed E-state index contributed by atoms with van der Waals surface area (Å²) in [5.74, 6) is 2.14. The maximum atomic E-state index is 4.90. The normalized spacial score (nSPS) is 11.1. The number of nitrogens with zero attached hydrogens (tertiary/aromatic N) is 3. The monoisotopic (exact) mass is 449 g/mol. The number of aromatic nitrogens is 3. The van der Waals surface area contributed by atoms with Crippen LogP contribution in [0.5, 0.6) is 0 Å². The predicted octanol–water partition coefficient (Wildman–Crippen LogP) is 8.23.